The van der Waals surface area contributed by atoms with Crippen LogP contribution < -0.4 is 10.0 Å². The van der Waals surface area contributed by atoms with Gasteiger partial charge in [-0.15, -0.1) is 0 Å². The van der Waals surface area contributed by atoms with Gasteiger partial charge in [-0.25, -0.2) is 8.42 Å². The van der Waals surface area contributed by atoms with Crippen LogP contribution in [0.5, 0.6) is 0 Å². The van der Waals surface area contributed by atoms with Crippen molar-refractivity contribution in [2.45, 2.75) is 19.8 Å². The van der Waals surface area contributed by atoms with E-state index in [0.29, 0.717) is 17.8 Å². The van der Waals surface area contributed by atoms with E-state index >= 15 is 0 Å². The van der Waals surface area contributed by atoms with Crippen LogP contribution >= 0.6 is 0 Å². The lowest BCUT2D eigenvalue weighted by Crippen LogP contribution is -2.23. The summed E-state index contributed by atoms with van der Waals surface area (Å²) in [6.07, 6.45) is 0. The first-order chi connectivity index (χ1) is 11.4. The van der Waals surface area contributed by atoms with Gasteiger partial charge < -0.3 is 5.32 Å². The highest BCUT2D eigenvalue weighted by Gasteiger charge is 2.17. The van der Waals surface area contributed by atoms with Gasteiger partial charge >= 0.3 is 0 Å². The van der Waals surface area contributed by atoms with Crippen LogP contribution in [0.25, 0.3) is 0 Å². The van der Waals surface area contributed by atoms with E-state index in [2.05, 4.69) is 10.0 Å². The Kier molecular flexibility index (Phi) is 5.98. The Bertz CT molecular complexity index is 772. The number of carbonyl (C=O) groups is 1. The zero-order chi connectivity index (χ0) is 17.6. The van der Waals surface area contributed by atoms with Crippen LogP contribution in [0.4, 0.5) is 5.69 Å². The molecule has 2 rings (SSSR count). The van der Waals surface area contributed by atoms with Crippen LogP contribution in [0.3, 0.4) is 0 Å². The molecule has 6 heteroatoms. The smallest absolute Gasteiger partial charge is 0.251 e. The predicted octanol–water partition coefficient (Wildman–Crippen LogP) is 2.98. The molecular weight excluding hydrogens is 324 g/mol. The third-order valence-electron chi connectivity index (χ3n) is 3.60. The lowest BCUT2D eigenvalue weighted by atomic mass is 10.0. The molecule has 1 atom stereocenters. The third-order valence-corrected chi connectivity index (χ3v) is 5.08. The SMILES string of the molecule is CCNC(=O)c1ccc(NS(=O)(=O)C[C@@H](C)c2ccccc2)cc1. The molecule has 0 aliphatic carbocycles. The van der Waals surface area contributed by atoms with Crippen molar-refractivity contribution in [3.05, 3.63) is 65.7 Å². The van der Waals surface area contributed by atoms with Crippen LogP contribution in [-0.2, 0) is 10.0 Å². The van der Waals surface area contributed by atoms with Crippen molar-refractivity contribution in [3.8, 4) is 0 Å². The fourth-order valence-corrected chi connectivity index (χ4v) is 3.81. The second-order valence-electron chi connectivity index (χ2n) is 5.63. The van der Waals surface area contributed by atoms with Gasteiger partial charge in [0.15, 0.2) is 0 Å². The van der Waals surface area contributed by atoms with E-state index in [1.165, 1.54) is 0 Å². The van der Waals surface area contributed by atoms with E-state index in [4.69, 9.17) is 0 Å². The first-order valence-corrected chi connectivity index (χ1v) is 9.50. The largest absolute Gasteiger partial charge is 0.352 e. The lowest BCUT2D eigenvalue weighted by molar-refractivity contribution is 0.0956. The van der Waals surface area contributed by atoms with E-state index in [9.17, 15) is 13.2 Å². The summed E-state index contributed by atoms with van der Waals surface area (Å²) in [6.45, 7) is 4.27. The molecule has 0 bridgehead atoms. The molecule has 2 N–H and O–H groups in total. The molecule has 0 spiro atoms. The highest BCUT2D eigenvalue weighted by Crippen LogP contribution is 2.19. The number of amides is 1. The maximum atomic E-state index is 12.3. The molecule has 0 aromatic heterocycles. The summed E-state index contributed by atoms with van der Waals surface area (Å²) in [5.74, 6) is -0.294. The number of hydrogen-bond acceptors (Lipinski definition) is 3. The zero-order valence-electron chi connectivity index (χ0n) is 13.8. The van der Waals surface area contributed by atoms with Gasteiger partial charge in [0.1, 0.15) is 0 Å². The van der Waals surface area contributed by atoms with Gasteiger partial charge in [0, 0.05) is 17.8 Å². The molecule has 2 aromatic rings. The zero-order valence-corrected chi connectivity index (χ0v) is 14.6. The summed E-state index contributed by atoms with van der Waals surface area (Å²) in [7, 11) is -3.48. The van der Waals surface area contributed by atoms with Gasteiger partial charge in [0.25, 0.3) is 5.91 Å². The van der Waals surface area contributed by atoms with Crippen LogP contribution in [0, 0.1) is 0 Å². The second kappa shape index (κ2) is 7.97. The van der Waals surface area contributed by atoms with Crippen LogP contribution in [0.1, 0.15) is 35.7 Å². The Labute approximate surface area is 143 Å². The molecule has 24 heavy (non-hydrogen) atoms. The summed E-state index contributed by atoms with van der Waals surface area (Å²) < 4.78 is 27.2. The summed E-state index contributed by atoms with van der Waals surface area (Å²) in [5, 5.41) is 2.70. The Morgan fingerprint density at radius 2 is 1.67 bits per heavy atom. The number of nitrogens with one attached hydrogen (secondary N) is 2. The van der Waals surface area contributed by atoms with Gasteiger partial charge in [0.2, 0.25) is 10.0 Å². The average molecular weight is 346 g/mol. The minimum atomic E-state index is -3.48. The maximum absolute atomic E-state index is 12.3. The number of sulfonamides is 1. The molecule has 0 fully saturated rings. The molecule has 5 nitrogen and oxygen atoms in total. The number of hydrogen-bond donors (Lipinski definition) is 2. The number of carbonyl (C=O) groups excluding carboxylic acids is 1. The van der Waals surface area contributed by atoms with E-state index in [-0.39, 0.29) is 17.6 Å². The molecule has 2 aromatic carbocycles. The molecule has 0 aliphatic rings. The van der Waals surface area contributed by atoms with E-state index in [0.717, 1.165) is 5.56 Å². The fraction of sp³-hybridized carbons (Fsp3) is 0.278. The first kappa shape index (κ1) is 18.0. The summed E-state index contributed by atoms with van der Waals surface area (Å²) in [5.41, 5.74) is 1.93. The standard InChI is InChI=1S/C18H22N2O3S/c1-3-19-18(21)16-9-11-17(12-10-16)20-24(22,23)13-14(2)15-7-5-4-6-8-15/h4-12,14,20H,3,13H2,1-2H3,(H,19,21)/t14-/m1/s1. The Morgan fingerprint density at radius 3 is 2.25 bits per heavy atom. The van der Waals surface area contributed by atoms with E-state index in [1.54, 1.807) is 24.3 Å². The van der Waals surface area contributed by atoms with Crippen LogP contribution in [0.15, 0.2) is 54.6 Å². The summed E-state index contributed by atoms with van der Waals surface area (Å²) in [6, 6.07) is 15.9. The van der Waals surface area contributed by atoms with Gasteiger partial charge in [0.05, 0.1) is 5.75 Å². The summed E-state index contributed by atoms with van der Waals surface area (Å²) in [4.78, 5) is 11.7. The Morgan fingerprint density at radius 1 is 1.04 bits per heavy atom. The minimum Gasteiger partial charge on any atom is -0.352 e. The Balaban J connectivity index is 2.02. The molecule has 0 heterocycles. The van der Waals surface area contributed by atoms with Gasteiger partial charge in [-0.3, -0.25) is 9.52 Å². The fourth-order valence-electron chi connectivity index (χ4n) is 2.38. The topological polar surface area (TPSA) is 75.3 Å². The van der Waals surface area contributed by atoms with Gasteiger partial charge in [-0.05, 0) is 42.7 Å². The normalized spacial score (nSPS) is 12.4. The molecule has 0 aliphatic heterocycles. The highest BCUT2D eigenvalue weighted by molar-refractivity contribution is 7.92. The Hall–Kier alpha value is -2.34. The molecular formula is C18H22N2O3S. The maximum Gasteiger partial charge on any atom is 0.251 e. The van der Waals surface area contributed by atoms with Crippen molar-refractivity contribution in [1.82, 2.24) is 5.32 Å². The van der Waals surface area contributed by atoms with Crippen molar-refractivity contribution in [1.29, 1.82) is 0 Å². The van der Waals surface area contributed by atoms with Crippen molar-refractivity contribution in [3.63, 3.8) is 0 Å². The van der Waals surface area contributed by atoms with Crippen molar-refractivity contribution in [2.24, 2.45) is 0 Å². The quantitative estimate of drug-likeness (QED) is 0.809. The highest BCUT2D eigenvalue weighted by atomic mass is 32.2. The van der Waals surface area contributed by atoms with E-state index < -0.39 is 10.0 Å². The van der Waals surface area contributed by atoms with Crippen molar-refractivity contribution >= 4 is 21.6 Å². The first-order valence-electron chi connectivity index (χ1n) is 7.85. The van der Waals surface area contributed by atoms with Crippen molar-refractivity contribution in [2.75, 3.05) is 17.0 Å². The van der Waals surface area contributed by atoms with Gasteiger partial charge in [-0.1, -0.05) is 37.3 Å². The molecule has 0 unspecified atom stereocenters. The van der Waals surface area contributed by atoms with Crippen LogP contribution in [-0.4, -0.2) is 26.6 Å². The van der Waals surface area contributed by atoms with E-state index in [1.807, 2.05) is 44.2 Å². The number of anilines is 1. The predicted molar refractivity (Wildman–Crippen MR) is 96.7 cm³/mol. The van der Waals surface area contributed by atoms with Gasteiger partial charge in [-0.2, -0.15) is 0 Å². The third kappa shape index (κ3) is 5.09. The van der Waals surface area contributed by atoms with Crippen molar-refractivity contribution < 1.29 is 13.2 Å². The molecule has 0 radical (unpaired) electrons. The number of rotatable bonds is 7. The minimum absolute atomic E-state index is 0.00488. The summed E-state index contributed by atoms with van der Waals surface area (Å²) >= 11 is 0. The molecule has 128 valence electrons. The number of benzene rings is 2. The molecule has 0 saturated carbocycles. The second-order valence-corrected chi connectivity index (χ2v) is 7.40. The van der Waals surface area contributed by atoms with Crippen LogP contribution in [0.2, 0.25) is 0 Å². The average Bonchev–Trinajstić information content (AvgIpc) is 2.55. The monoisotopic (exact) mass is 346 g/mol. The molecule has 0 saturated heterocycles. The lowest BCUT2D eigenvalue weighted by Gasteiger charge is -2.14. The molecule has 1 amide bonds.